The predicted octanol–water partition coefficient (Wildman–Crippen LogP) is 2.34. The Bertz CT molecular complexity index is 508. The summed E-state index contributed by atoms with van der Waals surface area (Å²) in [5.41, 5.74) is 0.00482. The maximum atomic E-state index is 12.9. The topological polar surface area (TPSA) is 46.2 Å². The van der Waals surface area contributed by atoms with Crippen molar-refractivity contribution >= 4 is 15.5 Å². The lowest BCUT2D eigenvalue weighted by atomic mass is 10.2. The van der Waals surface area contributed by atoms with E-state index in [2.05, 4.69) is 5.32 Å². The van der Waals surface area contributed by atoms with E-state index in [1.807, 2.05) is 0 Å². The summed E-state index contributed by atoms with van der Waals surface area (Å²) in [6.07, 6.45) is 0. The Labute approximate surface area is 104 Å². The molecule has 1 aromatic rings. The van der Waals surface area contributed by atoms with Crippen molar-refractivity contribution in [3.8, 4) is 0 Å². The molecule has 0 aromatic heterocycles. The van der Waals surface area contributed by atoms with Crippen molar-refractivity contribution in [1.29, 1.82) is 0 Å². The van der Waals surface area contributed by atoms with Gasteiger partial charge in [-0.3, -0.25) is 0 Å². The van der Waals surface area contributed by atoms with Crippen LogP contribution in [0.1, 0.15) is 13.8 Å². The second-order valence-corrected chi connectivity index (χ2v) is 6.40. The third-order valence-electron chi connectivity index (χ3n) is 2.34. The molecule has 1 N–H and O–H groups in total. The van der Waals surface area contributed by atoms with Gasteiger partial charge in [-0.25, -0.2) is 21.6 Å². The van der Waals surface area contributed by atoms with Gasteiger partial charge < -0.3 is 5.32 Å². The number of hydrogen-bond acceptors (Lipinski definition) is 3. The zero-order chi connectivity index (χ0) is 13.9. The van der Waals surface area contributed by atoms with Gasteiger partial charge in [-0.05, 0) is 6.92 Å². The Hall–Kier alpha value is -1.24. The van der Waals surface area contributed by atoms with Crippen LogP contribution in [0.15, 0.2) is 12.1 Å². The van der Waals surface area contributed by atoms with E-state index in [0.29, 0.717) is 0 Å². The van der Waals surface area contributed by atoms with E-state index in [1.165, 1.54) is 6.92 Å². The highest BCUT2D eigenvalue weighted by atomic mass is 32.2. The van der Waals surface area contributed by atoms with Gasteiger partial charge in [-0.2, -0.15) is 0 Å². The molecule has 0 aliphatic heterocycles. The van der Waals surface area contributed by atoms with Gasteiger partial charge in [0, 0.05) is 29.6 Å². The summed E-state index contributed by atoms with van der Waals surface area (Å²) in [5, 5.41) is 2.62. The molecule has 0 amide bonds. The van der Waals surface area contributed by atoms with Gasteiger partial charge in [0.25, 0.3) is 0 Å². The fourth-order valence-corrected chi connectivity index (χ4v) is 2.54. The number of benzene rings is 1. The molecular formula is C11H14F3NO2S. The lowest BCUT2D eigenvalue weighted by Crippen LogP contribution is -2.26. The smallest absolute Gasteiger partial charge is 0.194 e. The first kappa shape index (κ1) is 14.8. The van der Waals surface area contributed by atoms with Crippen LogP contribution < -0.4 is 5.32 Å². The van der Waals surface area contributed by atoms with Crippen LogP contribution in [0, 0.1) is 17.5 Å². The fraction of sp³-hybridized carbons (Fsp3) is 0.455. The van der Waals surface area contributed by atoms with Crippen molar-refractivity contribution in [1.82, 2.24) is 0 Å². The molecule has 102 valence electrons. The summed E-state index contributed by atoms with van der Waals surface area (Å²) in [6, 6.07) is 1.04. The summed E-state index contributed by atoms with van der Waals surface area (Å²) < 4.78 is 61.2. The predicted molar refractivity (Wildman–Crippen MR) is 63.7 cm³/mol. The van der Waals surface area contributed by atoms with Crippen LogP contribution in [0.4, 0.5) is 18.9 Å². The maximum absolute atomic E-state index is 12.9. The van der Waals surface area contributed by atoms with E-state index in [1.54, 1.807) is 6.92 Å². The van der Waals surface area contributed by atoms with E-state index < -0.39 is 33.3 Å². The summed E-state index contributed by atoms with van der Waals surface area (Å²) in [4.78, 5) is 0. The van der Waals surface area contributed by atoms with Gasteiger partial charge in [0.1, 0.15) is 0 Å². The van der Waals surface area contributed by atoms with Gasteiger partial charge >= 0.3 is 0 Å². The van der Waals surface area contributed by atoms with Crippen LogP contribution in [0.2, 0.25) is 0 Å². The molecule has 7 heteroatoms. The molecule has 0 bridgehead atoms. The highest BCUT2D eigenvalue weighted by molar-refractivity contribution is 7.91. The number of rotatable bonds is 5. The monoisotopic (exact) mass is 281 g/mol. The third-order valence-corrected chi connectivity index (χ3v) is 4.23. The second-order valence-electron chi connectivity index (χ2n) is 4.00. The molecule has 1 atom stereocenters. The zero-order valence-corrected chi connectivity index (χ0v) is 10.8. The minimum absolute atomic E-state index is 0.00482. The summed E-state index contributed by atoms with van der Waals surface area (Å²) >= 11 is 0. The molecule has 1 rings (SSSR count). The third kappa shape index (κ3) is 3.90. The van der Waals surface area contributed by atoms with Crippen LogP contribution in [0.3, 0.4) is 0 Å². The first-order chi connectivity index (χ1) is 8.25. The number of hydrogen-bond donors (Lipinski definition) is 1. The zero-order valence-electron chi connectivity index (χ0n) is 10.0. The van der Waals surface area contributed by atoms with Crippen LogP contribution in [0.25, 0.3) is 0 Å². The normalized spacial score (nSPS) is 13.4. The fourth-order valence-electron chi connectivity index (χ4n) is 1.46. The number of sulfone groups is 1. The summed E-state index contributed by atoms with van der Waals surface area (Å²) in [6.45, 7) is 3.08. The summed E-state index contributed by atoms with van der Waals surface area (Å²) in [5.74, 6) is -4.35. The Kier molecular flexibility index (Phi) is 4.61. The minimum Gasteiger partial charge on any atom is -0.381 e. The lowest BCUT2D eigenvalue weighted by molar-refractivity contribution is 0.447. The second kappa shape index (κ2) is 5.60. The highest BCUT2D eigenvalue weighted by Gasteiger charge is 2.15. The molecule has 0 saturated heterocycles. The van der Waals surface area contributed by atoms with Gasteiger partial charge in [0.2, 0.25) is 0 Å². The first-order valence-corrected chi connectivity index (χ1v) is 7.19. The van der Waals surface area contributed by atoms with Crippen LogP contribution >= 0.6 is 0 Å². The van der Waals surface area contributed by atoms with Gasteiger partial charge in [-0.15, -0.1) is 0 Å². The molecule has 0 heterocycles. The average Bonchev–Trinajstić information content (AvgIpc) is 2.25. The molecule has 0 aliphatic carbocycles. The average molecular weight is 281 g/mol. The Morgan fingerprint density at radius 2 is 1.72 bits per heavy atom. The molecular weight excluding hydrogens is 267 g/mol. The lowest BCUT2D eigenvalue weighted by Gasteiger charge is -2.15. The quantitative estimate of drug-likeness (QED) is 0.843. The Balaban J connectivity index is 2.80. The van der Waals surface area contributed by atoms with E-state index in [0.717, 1.165) is 12.1 Å². The van der Waals surface area contributed by atoms with Crippen LogP contribution in [-0.4, -0.2) is 26.0 Å². The van der Waals surface area contributed by atoms with Crippen molar-refractivity contribution in [3.05, 3.63) is 29.6 Å². The van der Waals surface area contributed by atoms with Gasteiger partial charge in [-0.1, -0.05) is 6.92 Å². The van der Waals surface area contributed by atoms with E-state index >= 15 is 0 Å². The van der Waals surface area contributed by atoms with Gasteiger partial charge in [0.15, 0.2) is 27.3 Å². The van der Waals surface area contributed by atoms with E-state index in [-0.39, 0.29) is 17.2 Å². The van der Waals surface area contributed by atoms with Gasteiger partial charge in [0.05, 0.1) is 5.75 Å². The number of nitrogens with one attached hydrogen (secondary N) is 1. The molecule has 0 saturated carbocycles. The first-order valence-electron chi connectivity index (χ1n) is 5.36. The Morgan fingerprint density at radius 1 is 1.22 bits per heavy atom. The SMILES string of the molecule is CCS(=O)(=O)CC(C)Nc1cc(F)c(F)c(F)c1. The molecule has 18 heavy (non-hydrogen) atoms. The number of halogens is 3. The molecule has 0 fully saturated rings. The van der Waals surface area contributed by atoms with E-state index in [9.17, 15) is 21.6 Å². The molecule has 1 aromatic carbocycles. The van der Waals surface area contributed by atoms with Crippen LogP contribution in [-0.2, 0) is 9.84 Å². The maximum Gasteiger partial charge on any atom is 0.194 e. The van der Waals surface area contributed by atoms with E-state index in [4.69, 9.17) is 0 Å². The summed E-state index contributed by atoms with van der Waals surface area (Å²) in [7, 11) is -3.19. The van der Waals surface area contributed by atoms with Crippen molar-refractivity contribution in [2.45, 2.75) is 19.9 Å². The standard InChI is InChI=1S/C11H14F3NO2S/c1-3-18(16,17)6-7(2)15-8-4-9(12)11(14)10(13)5-8/h4-5,7,15H,3,6H2,1-2H3. The van der Waals surface area contributed by atoms with Crippen molar-refractivity contribution in [2.75, 3.05) is 16.8 Å². The van der Waals surface area contributed by atoms with Crippen molar-refractivity contribution < 1.29 is 21.6 Å². The highest BCUT2D eigenvalue weighted by Crippen LogP contribution is 2.18. The number of anilines is 1. The molecule has 0 aliphatic rings. The molecule has 0 spiro atoms. The van der Waals surface area contributed by atoms with Crippen molar-refractivity contribution in [3.63, 3.8) is 0 Å². The minimum atomic E-state index is -3.19. The van der Waals surface area contributed by atoms with Crippen molar-refractivity contribution in [2.24, 2.45) is 0 Å². The molecule has 3 nitrogen and oxygen atoms in total. The molecule has 1 unspecified atom stereocenters. The molecule has 0 radical (unpaired) electrons. The van der Waals surface area contributed by atoms with Crippen LogP contribution in [0.5, 0.6) is 0 Å². The Morgan fingerprint density at radius 3 is 2.17 bits per heavy atom. The largest absolute Gasteiger partial charge is 0.381 e.